The number of hydrogen-bond donors (Lipinski definition) is 2. The fraction of sp³-hybridized carbons (Fsp3) is 0.143. The van der Waals surface area contributed by atoms with Crippen molar-refractivity contribution in [2.75, 3.05) is 10.6 Å². The first kappa shape index (κ1) is 18.8. The lowest BCUT2D eigenvalue weighted by molar-refractivity contribution is -0.137. The molecule has 1 aliphatic heterocycles. The van der Waals surface area contributed by atoms with Gasteiger partial charge in [-0.15, -0.1) is 0 Å². The van der Waals surface area contributed by atoms with E-state index in [2.05, 4.69) is 15.6 Å². The summed E-state index contributed by atoms with van der Waals surface area (Å²) < 4.78 is 45.4. The van der Waals surface area contributed by atoms with Gasteiger partial charge in [0.1, 0.15) is 17.5 Å². The number of aromatic nitrogens is 1. The summed E-state index contributed by atoms with van der Waals surface area (Å²) in [5.41, 5.74) is 0.922. The molecule has 8 heteroatoms. The number of anilines is 2. The highest BCUT2D eigenvalue weighted by Gasteiger charge is 2.32. The minimum Gasteiger partial charge on any atom is -0.457 e. The van der Waals surface area contributed by atoms with Crippen LogP contribution >= 0.6 is 0 Å². The Balaban J connectivity index is 1.56. The van der Waals surface area contributed by atoms with Crippen molar-refractivity contribution in [3.63, 3.8) is 0 Å². The quantitative estimate of drug-likeness (QED) is 0.657. The maximum absolute atomic E-state index is 13.3. The molecular formula is C21H16F3N3O2. The van der Waals surface area contributed by atoms with Crippen LogP contribution in [0.4, 0.5) is 24.5 Å². The second kappa shape index (κ2) is 7.46. The van der Waals surface area contributed by atoms with Gasteiger partial charge >= 0.3 is 6.18 Å². The second-order valence-corrected chi connectivity index (χ2v) is 6.58. The lowest BCUT2D eigenvalue weighted by Crippen LogP contribution is -2.32. The number of para-hydroxylation sites is 1. The van der Waals surface area contributed by atoms with Gasteiger partial charge in [0.15, 0.2) is 0 Å². The van der Waals surface area contributed by atoms with Crippen LogP contribution in [0.3, 0.4) is 0 Å². The van der Waals surface area contributed by atoms with Crippen LogP contribution in [0.2, 0.25) is 0 Å². The smallest absolute Gasteiger partial charge is 0.416 e. The molecule has 1 atom stereocenters. The van der Waals surface area contributed by atoms with E-state index in [4.69, 9.17) is 4.74 Å². The van der Waals surface area contributed by atoms with E-state index < -0.39 is 23.7 Å². The lowest BCUT2D eigenvalue weighted by atomic mass is 10.1. The summed E-state index contributed by atoms with van der Waals surface area (Å²) >= 11 is 0. The summed E-state index contributed by atoms with van der Waals surface area (Å²) in [5.74, 6) is -0.121. The first-order valence-corrected chi connectivity index (χ1v) is 8.84. The predicted molar refractivity (Wildman–Crippen MR) is 102 cm³/mol. The Labute approximate surface area is 164 Å². The first-order chi connectivity index (χ1) is 13.9. The van der Waals surface area contributed by atoms with E-state index in [1.807, 2.05) is 24.3 Å². The van der Waals surface area contributed by atoms with Gasteiger partial charge in [-0.25, -0.2) is 0 Å². The minimum absolute atomic E-state index is 0.00615. The Hall–Kier alpha value is -3.55. The van der Waals surface area contributed by atoms with Crippen molar-refractivity contribution in [3.8, 4) is 11.5 Å². The van der Waals surface area contributed by atoms with Crippen molar-refractivity contribution in [3.05, 3.63) is 78.1 Å². The molecule has 1 amide bonds. The van der Waals surface area contributed by atoms with E-state index in [0.29, 0.717) is 12.2 Å². The number of halogens is 3. The van der Waals surface area contributed by atoms with Crippen LogP contribution in [0.5, 0.6) is 11.5 Å². The van der Waals surface area contributed by atoms with Crippen LogP contribution in [-0.4, -0.2) is 16.9 Å². The van der Waals surface area contributed by atoms with Crippen LogP contribution in [0.25, 0.3) is 0 Å². The summed E-state index contributed by atoms with van der Waals surface area (Å²) in [7, 11) is 0. The summed E-state index contributed by atoms with van der Waals surface area (Å²) in [5, 5.41) is 5.64. The second-order valence-electron chi connectivity index (χ2n) is 6.58. The van der Waals surface area contributed by atoms with Crippen LogP contribution in [-0.2, 0) is 17.4 Å². The number of alkyl halides is 3. The summed E-state index contributed by atoms with van der Waals surface area (Å²) in [6.07, 6.45) is -1.19. The molecule has 0 spiro atoms. The third kappa shape index (κ3) is 4.31. The van der Waals surface area contributed by atoms with Crippen LogP contribution in [0, 0.1) is 0 Å². The number of nitrogens with one attached hydrogen (secondary N) is 2. The Morgan fingerprint density at radius 2 is 1.83 bits per heavy atom. The SMILES string of the molecule is O=C(Nc1cc(Oc2ccncc2)cc(C(F)(F)F)c1)C1Cc2ccccc2N1. The predicted octanol–water partition coefficient (Wildman–Crippen LogP) is 4.87. The molecule has 0 saturated heterocycles. The number of carbonyl (C=O) groups excluding carboxylic acids is 1. The molecule has 2 aromatic carbocycles. The van der Waals surface area contributed by atoms with Crippen molar-refractivity contribution in [2.45, 2.75) is 18.6 Å². The van der Waals surface area contributed by atoms with Gasteiger partial charge in [0.05, 0.1) is 5.56 Å². The maximum atomic E-state index is 13.3. The third-order valence-electron chi connectivity index (χ3n) is 4.47. The lowest BCUT2D eigenvalue weighted by Gasteiger charge is -2.16. The number of hydrogen-bond acceptors (Lipinski definition) is 4. The molecule has 148 valence electrons. The van der Waals surface area contributed by atoms with E-state index in [0.717, 1.165) is 23.4 Å². The molecule has 2 heterocycles. The largest absolute Gasteiger partial charge is 0.457 e. The van der Waals surface area contributed by atoms with Crippen LogP contribution in [0.1, 0.15) is 11.1 Å². The van der Waals surface area contributed by atoms with Gasteiger partial charge in [-0.1, -0.05) is 18.2 Å². The average molecular weight is 399 g/mol. The van der Waals surface area contributed by atoms with Crippen molar-refractivity contribution in [2.24, 2.45) is 0 Å². The van der Waals surface area contributed by atoms with Gasteiger partial charge in [0.2, 0.25) is 5.91 Å². The van der Waals surface area contributed by atoms with E-state index in [1.54, 1.807) is 0 Å². The summed E-state index contributed by atoms with van der Waals surface area (Å²) in [6.45, 7) is 0. The third-order valence-corrected chi connectivity index (χ3v) is 4.47. The normalized spacial score (nSPS) is 15.3. The molecule has 1 aromatic heterocycles. The standard InChI is InChI=1S/C21H16F3N3O2/c22-21(23,24)14-10-15(12-17(11-14)29-16-5-7-25-8-6-16)26-20(28)19-9-13-3-1-2-4-18(13)27-19/h1-8,10-12,19,27H,9H2,(H,26,28). The number of rotatable bonds is 4. The topological polar surface area (TPSA) is 63.2 Å². The van der Waals surface area contributed by atoms with Gasteiger partial charge in [-0.3, -0.25) is 9.78 Å². The van der Waals surface area contributed by atoms with Gasteiger partial charge < -0.3 is 15.4 Å². The Bertz CT molecular complexity index is 1010. The molecule has 5 nitrogen and oxygen atoms in total. The summed E-state index contributed by atoms with van der Waals surface area (Å²) in [4.78, 5) is 16.4. The molecule has 0 bridgehead atoms. The average Bonchev–Trinajstić information content (AvgIpc) is 3.12. The Morgan fingerprint density at radius 1 is 1.07 bits per heavy atom. The molecule has 0 radical (unpaired) electrons. The van der Waals surface area contributed by atoms with Crippen molar-refractivity contribution >= 4 is 17.3 Å². The molecule has 1 unspecified atom stereocenters. The van der Waals surface area contributed by atoms with Crippen molar-refractivity contribution in [1.29, 1.82) is 0 Å². The molecular weight excluding hydrogens is 383 g/mol. The summed E-state index contributed by atoms with van der Waals surface area (Å²) in [6, 6.07) is 13.1. The van der Waals surface area contributed by atoms with Gasteiger partial charge in [0.25, 0.3) is 0 Å². The van der Waals surface area contributed by atoms with Crippen molar-refractivity contribution < 1.29 is 22.7 Å². The zero-order valence-corrected chi connectivity index (χ0v) is 15.0. The highest BCUT2D eigenvalue weighted by molar-refractivity contribution is 5.98. The zero-order chi connectivity index (χ0) is 20.4. The number of amides is 1. The minimum atomic E-state index is -4.58. The number of pyridine rings is 1. The monoisotopic (exact) mass is 399 g/mol. The van der Waals surface area contributed by atoms with E-state index in [-0.39, 0.29) is 11.4 Å². The number of fused-ring (bicyclic) bond motifs is 1. The highest BCUT2D eigenvalue weighted by atomic mass is 19.4. The van der Waals surface area contributed by atoms with Crippen LogP contribution in [0.15, 0.2) is 67.0 Å². The van der Waals surface area contributed by atoms with Crippen molar-refractivity contribution in [1.82, 2.24) is 4.98 Å². The molecule has 0 fully saturated rings. The highest BCUT2D eigenvalue weighted by Crippen LogP contribution is 2.36. The first-order valence-electron chi connectivity index (χ1n) is 8.84. The molecule has 2 N–H and O–H groups in total. The molecule has 0 aliphatic carbocycles. The van der Waals surface area contributed by atoms with Gasteiger partial charge in [0, 0.05) is 36.3 Å². The fourth-order valence-corrected chi connectivity index (χ4v) is 3.12. The number of carbonyl (C=O) groups is 1. The van der Waals surface area contributed by atoms with Crippen LogP contribution < -0.4 is 15.4 Å². The molecule has 0 saturated carbocycles. The van der Waals surface area contributed by atoms with Gasteiger partial charge in [-0.05, 0) is 35.9 Å². The van der Waals surface area contributed by atoms with E-state index >= 15 is 0 Å². The molecule has 4 rings (SSSR count). The fourth-order valence-electron chi connectivity index (χ4n) is 3.12. The number of ether oxygens (including phenoxy) is 1. The molecule has 29 heavy (non-hydrogen) atoms. The number of nitrogens with zero attached hydrogens (tertiary/aromatic N) is 1. The molecule has 3 aromatic rings. The zero-order valence-electron chi connectivity index (χ0n) is 15.0. The van der Waals surface area contributed by atoms with Gasteiger partial charge in [-0.2, -0.15) is 13.2 Å². The van der Waals surface area contributed by atoms with E-state index in [1.165, 1.54) is 30.6 Å². The Kier molecular flexibility index (Phi) is 4.84. The maximum Gasteiger partial charge on any atom is 0.416 e. The van der Waals surface area contributed by atoms with E-state index in [9.17, 15) is 18.0 Å². The Morgan fingerprint density at radius 3 is 2.55 bits per heavy atom. The number of benzene rings is 2. The molecule has 1 aliphatic rings.